The first kappa shape index (κ1) is 15.0. The van der Waals surface area contributed by atoms with Gasteiger partial charge in [0.2, 0.25) is 5.91 Å². The van der Waals surface area contributed by atoms with E-state index in [2.05, 4.69) is 10.3 Å². The summed E-state index contributed by atoms with van der Waals surface area (Å²) < 4.78 is 6.79. The quantitative estimate of drug-likeness (QED) is 0.873. The molecule has 0 aromatic carbocycles. The normalized spacial score (nSPS) is 28.2. The van der Waals surface area contributed by atoms with Crippen LogP contribution in [0.15, 0.2) is 6.20 Å². The summed E-state index contributed by atoms with van der Waals surface area (Å²) in [7, 11) is 1.67. The van der Waals surface area contributed by atoms with Crippen LogP contribution in [0.2, 0.25) is 0 Å². The molecule has 0 radical (unpaired) electrons. The van der Waals surface area contributed by atoms with Crippen molar-refractivity contribution in [3.05, 3.63) is 11.9 Å². The first-order valence-corrected chi connectivity index (χ1v) is 7.55. The highest BCUT2D eigenvalue weighted by Gasteiger charge is 2.38. The summed E-state index contributed by atoms with van der Waals surface area (Å²) in [4.78, 5) is 25.2. The number of amides is 1. The lowest BCUT2D eigenvalue weighted by molar-refractivity contribution is -0.145. The number of nitrogens with zero attached hydrogens (tertiary/aromatic N) is 4. The van der Waals surface area contributed by atoms with Crippen molar-refractivity contribution in [1.82, 2.24) is 19.9 Å². The van der Waals surface area contributed by atoms with Crippen LogP contribution in [0, 0.1) is 5.92 Å². The first-order chi connectivity index (χ1) is 10.6. The van der Waals surface area contributed by atoms with Crippen LogP contribution in [-0.4, -0.2) is 63.2 Å². The van der Waals surface area contributed by atoms with Crippen LogP contribution in [-0.2, 0) is 9.53 Å². The maximum Gasteiger partial charge on any atom is 0.358 e. The second-order valence-corrected chi connectivity index (χ2v) is 6.00. The van der Waals surface area contributed by atoms with Gasteiger partial charge in [0.1, 0.15) is 0 Å². The molecular weight excluding hydrogens is 288 g/mol. The molecular formula is C14H20N4O4. The smallest absolute Gasteiger partial charge is 0.358 e. The molecule has 1 unspecified atom stereocenters. The molecule has 1 aliphatic carbocycles. The number of carbonyl (C=O) groups excluding carboxylic acids is 1. The number of carboxylic acids is 1. The minimum absolute atomic E-state index is 0.00315. The highest BCUT2D eigenvalue weighted by Crippen LogP contribution is 2.33. The summed E-state index contributed by atoms with van der Waals surface area (Å²) in [5.74, 6) is -0.847. The molecule has 1 aromatic heterocycles. The SMILES string of the molecule is COC1CC(C(=O)N2CCCC(n3cc(C(=O)O)nn3)C2)C1. The molecule has 1 atom stereocenters. The third-order valence-corrected chi connectivity index (χ3v) is 4.59. The zero-order chi connectivity index (χ0) is 15.7. The van der Waals surface area contributed by atoms with Crippen molar-refractivity contribution in [2.45, 2.75) is 37.8 Å². The van der Waals surface area contributed by atoms with E-state index in [0.29, 0.717) is 6.54 Å². The number of ether oxygens (including phenoxy) is 1. The van der Waals surface area contributed by atoms with Gasteiger partial charge in [-0.25, -0.2) is 9.48 Å². The Hall–Kier alpha value is -1.96. The van der Waals surface area contributed by atoms with Crippen LogP contribution in [0.5, 0.6) is 0 Å². The zero-order valence-electron chi connectivity index (χ0n) is 12.5. The molecule has 1 aliphatic heterocycles. The van der Waals surface area contributed by atoms with Crippen LogP contribution in [0.3, 0.4) is 0 Å². The van der Waals surface area contributed by atoms with Gasteiger partial charge in [-0.3, -0.25) is 4.79 Å². The van der Waals surface area contributed by atoms with Gasteiger partial charge in [-0.1, -0.05) is 5.21 Å². The number of methoxy groups -OCH3 is 1. The summed E-state index contributed by atoms with van der Waals surface area (Å²) in [5.41, 5.74) is -0.0645. The first-order valence-electron chi connectivity index (χ1n) is 7.55. The van der Waals surface area contributed by atoms with Crippen molar-refractivity contribution in [2.24, 2.45) is 5.92 Å². The molecule has 1 saturated heterocycles. The third kappa shape index (κ3) is 2.83. The van der Waals surface area contributed by atoms with E-state index in [1.54, 1.807) is 11.8 Å². The molecule has 1 aromatic rings. The van der Waals surface area contributed by atoms with Crippen LogP contribution in [0.4, 0.5) is 0 Å². The van der Waals surface area contributed by atoms with Gasteiger partial charge in [-0.15, -0.1) is 5.10 Å². The van der Waals surface area contributed by atoms with E-state index < -0.39 is 5.97 Å². The topological polar surface area (TPSA) is 97.5 Å². The number of aromatic carboxylic acids is 1. The van der Waals surface area contributed by atoms with Crippen molar-refractivity contribution < 1.29 is 19.4 Å². The number of piperidine rings is 1. The summed E-state index contributed by atoms with van der Waals surface area (Å²) in [6, 6.07) is -0.00315. The molecule has 1 saturated carbocycles. The molecule has 2 aliphatic rings. The van der Waals surface area contributed by atoms with Crippen LogP contribution < -0.4 is 0 Å². The van der Waals surface area contributed by atoms with Crippen molar-refractivity contribution in [3.63, 3.8) is 0 Å². The second-order valence-electron chi connectivity index (χ2n) is 6.00. The van der Waals surface area contributed by atoms with Gasteiger partial charge >= 0.3 is 5.97 Å². The van der Waals surface area contributed by atoms with Gasteiger partial charge in [0.25, 0.3) is 0 Å². The Balaban J connectivity index is 1.61. The predicted molar refractivity (Wildman–Crippen MR) is 75.4 cm³/mol. The van der Waals surface area contributed by atoms with Crippen LogP contribution >= 0.6 is 0 Å². The average Bonchev–Trinajstić information content (AvgIpc) is 2.96. The standard InChI is InChI=1S/C14H20N4O4/c1-22-11-5-9(6-11)13(19)17-4-2-3-10(7-17)18-8-12(14(20)21)15-16-18/h8-11H,2-7H2,1H3,(H,20,21). The summed E-state index contributed by atoms with van der Waals surface area (Å²) in [5, 5.41) is 16.4. The zero-order valence-corrected chi connectivity index (χ0v) is 12.5. The van der Waals surface area contributed by atoms with Gasteiger partial charge in [-0.05, 0) is 25.7 Å². The minimum Gasteiger partial charge on any atom is -0.476 e. The summed E-state index contributed by atoms with van der Waals surface area (Å²) in [6.45, 7) is 1.32. The Morgan fingerprint density at radius 3 is 2.82 bits per heavy atom. The maximum absolute atomic E-state index is 12.5. The molecule has 8 heteroatoms. The molecule has 8 nitrogen and oxygen atoms in total. The van der Waals surface area contributed by atoms with E-state index >= 15 is 0 Å². The largest absolute Gasteiger partial charge is 0.476 e. The maximum atomic E-state index is 12.5. The summed E-state index contributed by atoms with van der Waals surface area (Å²) in [6.07, 6.45) is 5.00. The van der Waals surface area contributed by atoms with E-state index in [1.807, 2.05) is 4.90 Å². The van der Waals surface area contributed by atoms with E-state index in [4.69, 9.17) is 9.84 Å². The molecule has 3 rings (SSSR count). The second kappa shape index (κ2) is 6.04. The fourth-order valence-corrected chi connectivity index (χ4v) is 3.14. The number of carbonyl (C=O) groups is 2. The van der Waals surface area contributed by atoms with Gasteiger partial charge in [-0.2, -0.15) is 0 Å². The fraction of sp³-hybridized carbons (Fsp3) is 0.714. The molecule has 120 valence electrons. The number of hydrogen-bond donors (Lipinski definition) is 1. The lowest BCUT2D eigenvalue weighted by atomic mass is 9.81. The third-order valence-electron chi connectivity index (χ3n) is 4.59. The number of likely N-dealkylation sites (tertiary alicyclic amines) is 1. The average molecular weight is 308 g/mol. The highest BCUT2D eigenvalue weighted by molar-refractivity contribution is 5.84. The highest BCUT2D eigenvalue weighted by atomic mass is 16.5. The van der Waals surface area contributed by atoms with Gasteiger partial charge < -0.3 is 14.7 Å². The molecule has 0 spiro atoms. The Kier molecular flexibility index (Phi) is 4.10. The number of rotatable bonds is 4. The Morgan fingerprint density at radius 1 is 1.41 bits per heavy atom. The van der Waals surface area contributed by atoms with E-state index in [0.717, 1.165) is 32.2 Å². The van der Waals surface area contributed by atoms with Crippen LogP contribution in [0.25, 0.3) is 0 Å². The minimum atomic E-state index is -1.09. The van der Waals surface area contributed by atoms with Crippen molar-refractivity contribution in [3.8, 4) is 0 Å². The Bertz CT molecular complexity index is 567. The van der Waals surface area contributed by atoms with Crippen molar-refractivity contribution in [2.75, 3.05) is 20.2 Å². The van der Waals surface area contributed by atoms with Gasteiger partial charge in [0, 0.05) is 26.1 Å². The summed E-state index contributed by atoms with van der Waals surface area (Å²) >= 11 is 0. The van der Waals surface area contributed by atoms with Crippen molar-refractivity contribution >= 4 is 11.9 Å². The molecule has 1 N–H and O–H groups in total. The predicted octanol–water partition coefficient (Wildman–Crippen LogP) is 0.565. The van der Waals surface area contributed by atoms with Crippen LogP contribution in [0.1, 0.15) is 42.2 Å². The molecule has 0 bridgehead atoms. The lowest BCUT2D eigenvalue weighted by Gasteiger charge is -2.39. The van der Waals surface area contributed by atoms with Crippen molar-refractivity contribution in [1.29, 1.82) is 0 Å². The fourth-order valence-electron chi connectivity index (χ4n) is 3.14. The molecule has 2 heterocycles. The molecule has 22 heavy (non-hydrogen) atoms. The number of carboxylic acid groups (broad SMARTS) is 1. The van der Waals surface area contributed by atoms with E-state index in [-0.39, 0.29) is 29.7 Å². The lowest BCUT2D eigenvalue weighted by Crippen LogP contribution is -2.48. The monoisotopic (exact) mass is 308 g/mol. The molecule has 1 amide bonds. The number of hydrogen-bond acceptors (Lipinski definition) is 5. The van der Waals surface area contributed by atoms with Gasteiger partial charge in [0.15, 0.2) is 5.69 Å². The number of aromatic nitrogens is 3. The Labute approximate surface area is 128 Å². The van der Waals surface area contributed by atoms with E-state index in [1.165, 1.54) is 6.20 Å². The van der Waals surface area contributed by atoms with E-state index in [9.17, 15) is 9.59 Å². The molecule has 2 fully saturated rings. The Morgan fingerprint density at radius 2 is 2.18 bits per heavy atom. The van der Waals surface area contributed by atoms with Gasteiger partial charge in [0.05, 0.1) is 18.3 Å².